The van der Waals surface area contributed by atoms with Crippen molar-refractivity contribution in [1.82, 2.24) is 24.2 Å². The van der Waals surface area contributed by atoms with Crippen molar-refractivity contribution in [2.75, 3.05) is 13.2 Å². The molecule has 182 valence electrons. The van der Waals surface area contributed by atoms with Gasteiger partial charge in [-0.15, -0.1) is 0 Å². The zero-order valence-electron chi connectivity index (χ0n) is 19.5. The molecule has 10 heteroatoms. The van der Waals surface area contributed by atoms with Gasteiger partial charge in [-0.2, -0.15) is 10.4 Å². The molecule has 2 aromatic heterocycles. The maximum Gasteiger partial charge on any atom is 0.341 e. The number of ether oxygens (including phenoxy) is 1. The van der Waals surface area contributed by atoms with Gasteiger partial charge in [0.2, 0.25) is 0 Å². The molecule has 5 rings (SSSR count). The third-order valence-corrected chi connectivity index (χ3v) is 6.19. The Kier molecular flexibility index (Phi) is 6.23. The standard InChI is InChI=1S/C26H23FN6O3/c1-17-24(23-9-11-29-33(23)21-7-5-18(15-28)6-8-21)32(25(34)30-20-10-12-36-16-20)26(35)31(17)22-4-2-3-19(13-22)14-27/h2-9,11,13,20H,10,12,14,16H2,1H3,(H,30,34)/t20-/m1/s1. The van der Waals surface area contributed by atoms with E-state index in [1.807, 2.05) is 0 Å². The van der Waals surface area contributed by atoms with Gasteiger partial charge in [0, 0.05) is 6.61 Å². The molecule has 3 heterocycles. The van der Waals surface area contributed by atoms with E-state index in [1.54, 1.807) is 72.4 Å². The summed E-state index contributed by atoms with van der Waals surface area (Å²) in [5.41, 5.74) is 2.79. The lowest BCUT2D eigenvalue weighted by Crippen LogP contribution is -2.42. The molecule has 1 atom stereocenters. The molecule has 1 aliphatic rings. The van der Waals surface area contributed by atoms with Crippen LogP contribution in [0.3, 0.4) is 0 Å². The van der Waals surface area contributed by atoms with Crippen LogP contribution in [0.5, 0.6) is 0 Å². The smallest absolute Gasteiger partial charge is 0.341 e. The minimum Gasteiger partial charge on any atom is -0.379 e. The Morgan fingerprint density at radius 1 is 1.22 bits per heavy atom. The summed E-state index contributed by atoms with van der Waals surface area (Å²) in [6.45, 7) is 1.96. The van der Waals surface area contributed by atoms with Crippen molar-refractivity contribution in [2.45, 2.75) is 26.1 Å². The number of aromatic nitrogens is 4. The average molecular weight is 487 g/mol. The summed E-state index contributed by atoms with van der Waals surface area (Å²) in [5, 5.41) is 16.4. The van der Waals surface area contributed by atoms with Crippen LogP contribution in [0, 0.1) is 18.3 Å². The molecule has 1 N–H and O–H groups in total. The summed E-state index contributed by atoms with van der Waals surface area (Å²) in [5.74, 6) is 0. The maximum atomic E-state index is 13.7. The van der Waals surface area contributed by atoms with Gasteiger partial charge < -0.3 is 10.1 Å². The van der Waals surface area contributed by atoms with E-state index >= 15 is 0 Å². The number of carbonyl (C=O) groups is 1. The van der Waals surface area contributed by atoms with Crippen LogP contribution in [0.25, 0.3) is 22.8 Å². The van der Waals surface area contributed by atoms with Crippen LogP contribution >= 0.6 is 0 Å². The zero-order chi connectivity index (χ0) is 25.2. The fourth-order valence-corrected chi connectivity index (χ4v) is 4.43. The number of rotatable bonds is 5. The number of nitrogens with one attached hydrogen (secondary N) is 1. The number of benzene rings is 2. The summed E-state index contributed by atoms with van der Waals surface area (Å²) in [6.07, 6.45) is 2.23. The van der Waals surface area contributed by atoms with Gasteiger partial charge in [-0.1, -0.05) is 12.1 Å². The highest BCUT2D eigenvalue weighted by Crippen LogP contribution is 2.27. The maximum absolute atomic E-state index is 13.7. The molecule has 36 heavy (non-hydrogen) atoms. The summed E-state index contributed by atoms with van der Waals surface area (Å²) >= 11 is 0. The van der Waals surface area contributed by atoms with E-state index < -0.39 is 18.4 Å². The molecule has 1 aliphatic heterocycles. The van der Waals surface area contributed by atoms with E-state index in [1.165, 1.54) is 4.57 Å². The Morgan fingerprint density at radius 3 is 2.72 bits per heavy atom. The van der Waals surface area contributed by atoms with Gasteiger partial charge >= 0.3 is 11.7 Å². The van der Waals surface area contributed by atoms with Crippen LogP contribution in [0.4, 0.5) is 9.18 Å². The summed E-state index contributed by atoms with van der Waals surface area (Å²) in [4.78, 5) is 27.2. The zero-order valence-corrected chi connectivity index (χ0v) is 19.5. The van der Waals surface area contributed by atoms with Crippen LogP contribution in [0.2, 0.25) is 0 Å². The van der Waals surface area contributed by atoms with Crippen LogP contribution in [-0.4, -0.2) is 44.2 Å². The van der Waals surface area contributed by atoms with Gasteiger partial charge in [0.1, 0.15) is 12.4 Å². The number of imidazole rings is 1. The third-order valence-electron chi connectivity index (χ3n) is 6.19. The predicted molar refractivity (Wildman–Crippen MR) is 130 cm³/mol. The van der Waals surface area contributed by atoms with Crippen molar-refractivity contribution in [1.29, 1.82) is 5.26 Å². The van der Waals surface area contributed by atoms with Crippen molar-refractivity contribution in [3.63, 3.8) is 0 Å². The van der Waals surface area contributed by atoms with Crippen molar-refractivity contribution in [2.24, 2.45) is 0 Å². The Labute approximate surface area is 206 Å². The molecule has 1 amide bonds. The molecule has 9 nitrogen and oxygen atoms in total. The largest absolute Gasteiger partial charge is 0.379 e. The van der Waals surface area contributed by atoms with Crippen molar-refractivity contribution < 1.29 is 13.9 Å². The van der Waals surface area contributed by atoms with Crippen molar-refractivity contribution in [3.05, 3.63) is 88.1 Å². The monoisotopic (exact) mass is 486 g/mol. The first-order valence-corrected chi connectivity index (χ1v) is 11.4. The fraction of sp³-hybridized carbons (Fsp3) is 0.231. The third kappa shape index (κ3) is 4.10. The lowest BCUT2D eigenvalue weighted by atomic mass is 10.2. The minimum absolute atomic E-state index is 0.209. The van der Waals surface area contributed by atoms with Gasteiger partial charge in [0.25, 0.3) is 0 Å². The summed E-state index contributed by atoms with van der Waals surface area (Å²) in [6, 6.07) is 16.4. The first kappa shape index (κ1) is 23.3. The number of carbonyl (C=O) groups excluding carboxylic acids is 1. The van der Waals surface area contributed by atoms with Gasteiger partial charge in [-0.3, -0.25) is 4.57 Å². The predicted octanol–water partition coefficient (Wildman–Crippen LogP) is 3.49. The number of alkyl halides is 1. The summed E-state index contributed by atoms with van der Waals surface area (Å²) in [7, 11) is 0. The van der Waals surface area contributed by atoms with Crippen LogP contribution in [0.1, 0.15) is 23.2 Å². The SMILES string of the molecule is Cc1c(-c2ccnn2-c2ccc(C#N)cc2)n(C(=O)N[C@@H]2CCOC2)c(=O)n1-c1cccc(CF)c1. The Bertz CT molecular complexity index is 1520. The van der Waals surface area contributed by atoms with Gasteiger partial charge in [-0.05, 0) is 61.4 Å². The molecule has 0 aliphatic carbocycles. The highest BCUT2D eigenvalue weighted by Gasteiger charge is 2.28. The van der Waals surface area contributed by atoms with Crippen LogP contribution in [0.15, 0.2) is 65.6 Å². The van der Waals surface area contributed by atoms with E-state index in [0.717, 1.165) is 4.57 Å². The minimum atomic E-state index is -0.678. The molecule has 0 radical (unpaired) electrons. The van der Waals surface area contributed by atoms with Crippen LogP contribution in [-0.2, 0) is 11.4 Å². The first-order valence-electron chi connectivity index (χ1n) is 11.4. The molecular weight excluding hydrogens is 463 g/mol. The normalized spacial score (nSPS) is 15.1. The van der Waals surface area contributed by atoms with Gasteiger partial charge in [0.15, 0.2) is 0 Å². The quantitative estimate of drug-likeness (QED) is 0.465. The van der Waals surface area contributed by atoms with Crippen molar-refractivity contribution in [3.8, 4) is 28.8 Å². The topological polar surface area (TPSA) is 107 Å². The first-order chi connectivity index (χ1) is 17.5. The van der Waals surface area contributed by atoms with E-state index in [4.69, 9.17) is 10.00 Å². The van der Waals surface area contributed by atoms with E-state index in [0.29, 0.717) is 59.2 Å². The van der Waals surface area contributed by atoms with E-state index in [9.17, 15) is 14.0 Å². The van der Waals surface area contributed by atoms with Crippen LogP contribution < -0.4 is 11.0 Å². The number of hydrogen-bond donors (Lipinski definition) is 1. The number of halogens is 1. The second kappa shape index (κ2) is 9.64. The van der Waals surface area contributed by atoms with Gasteiger partial charge in [-0.25, -0.2) is 23.2 Å². The Balaban J connectivity index is 1.70. The lowest BCUT2D eigenvalue weighted by Gasteiger charge is -2.14. The molecule has 0 unspecified atom stereocenters. The fourth-order valence-electron chi connectivity index (χ4n) is 4.43. The highest BCUT2D eigenvalue weighted by molar-refractivity contribution is 5.83. The molecule has 1 saturated heterocycles. The van der Waals surface area contributed by atoms with E-state index in [-0.39, 0.29) is 6.04 Å². The number of nitriles is 1. The molecule has 4 aromatic rings. The molecule has 1 fully saturated rings. The number of amides is 1. The second-order valence-corrected chi connectivity index (χ2v) is 8.49. The second-order valence-electron chi connectivity index (χ2n) is 8.49. The summed E-state index contributed by atoms with van der Waals surface area (Å²) < 4.78 is 22.8. The molecule has 0 spiro atoms. The molecular formula is C26H23FN6O3. The van der Waals surface area contributed by atoms with Crippen molar-refractivity contribution >= 4 is 6.03 Å². The number of nitrogens with zero attached hydrogens (tertiary/aromatic N) is 5. The van der Waals surface area contributed by atoms with Gasteiger partial charge in [0.05, 0.1) is 53.2 Å². The number of hydrogen-bond acceptors (Lipinski definition) is 5. The lowest BCUT2D eigenvalue weighted by molar-refractivity contribution is 0.188. The highest BCUT2D eigenvalue weighted by atomic mass is 19.1. The Morgan fingerprint density at radius 2 is 2.03 bits per heavy atom. The average Bonchev–Trinajstić information content (AvgIpc) is 3.64. The Hall–Kier alpha value is -4.49. The molecule has 0 saturated carbocycles. The molecule has 2 aromatic carbocycles. The molecule has 0 bridgehead atoms. The van der Waals surface area contributed by atoms with E-state index in [2.05, 4.69) is 16.5 Å².